The van der Waals surface area contributed by atoms with E-state index in [4.69, 9.17) is 5.11 Å². The van der Waals surface area contributed by atoms with Gasteiger partial charge in [0, 0.05) is 11.8 Å². The third kappa shape index (κ3) is 6.26. The summed E-state index contributed by atoms with van der Waals surface area (Å²) in [5.74, 6) is -1.50. The summed E-state index contributed by atoms with van der Waals surface area (Å²) in [6.45, 7) is 3.81. The van der Waals surface area contributed by atoms with E-state index in [1.807, 2.05) is 13.8 Å². The third-order valence-electron chi connectivity index (χ3n) is 3.55. The average molecular weight is 364 g/mol. The normalized spacial score (nSPS) is 12.2. The van der Waals surface area contributed by atoms with Gasteiger partial charge in [0.2, 0.25) is 5.91 Å². The molecular formula is C18H21FN2O3S. The number of hydrogen-bond acceptors (Lipinski definition) is 4. The number of benzene rings is 1. The number of rotatable bonds is 8. The number of amides is 1. The second-order valence-electron chi connectivity index (χ2n) is 6.30. The van der Waals surface area contributed by atoms with Gasteiger partial charge >= 0.3 is 5.97 Å². The Kier molecular flexibility index (Phi) is 6.64. The second kappa shape index (κ2) is 8.71. The number of nitrogens with zero attached hydrogens (tertiary/aromatic N) is 1. The zero-order valence-corrected chi connectivity index (χ0v) is 15.0. The Labute approximate surface area is 149 Å². The van der Waals surface area contributed by atoms with Crippen LogP contribution in [0.25, 0.3) is 0 Å². The molecule has 1 aromatic carbocycles. The quantitative estimate of drug-likeness (QED) is 0.755. The highest BCUT2D eigenvalue weighted by Crippen LogP contribution is 2.16. The second-order valence-corrected chi connectivity index (χ2v) is 7.24. The highest BCUT2D eigenvalue weighted by Gasteiger charge is 2.21. The number of carboxylic acid groups (broad SMARTS) is 1. The maximum absolute atomic E-state index is 12.9. The Morgan fingerprint density at radius 3 is 2.56 bits per heavy atom. The summed E-state index contributed by atoms with van der Waals surface area (Å²) in [5.41, 5.74) is 1.54. The van der Waals surface area contributed by atoms with Crippen LogP contribution in [0.4, 0.5) is 4.39 Å². The van der Waals surface area contributed by atoms with Crippen molar-refractivity contribution in [2.75, 3.05) is 0 Å². The molecule has 2 rings (SSSR count). The molecule has 0 spiro atoms. The minimum atomic E-state index is -1.03. The number of carbonyl (C=O) groups is 2. The first-order valence-electron chi connectivity index (χ1n) is 8.03. The van der Waals surface area contributed by atoms with Crippen LogP contribution in [-0.2, 0) is 22.4 Å². The molecule has 0 saturated carbocycles. The summed E-state index contributed by atoms with van der Waals surface area (Å²) in [7, 11) is 0. The zero-order valence-electron chi connectivity index (χ0n) is 14.2. The van der Waals surface area contributed by atoms with Crippen molar-refractivity contribution in [3.63, 3.8) is 0 Å². The van der Waals surface area contributed by atoms with Gasteiger partial charge in [0.1, 0.15) is 11.9 Å². The molecule has 0 aliphatic carbocycles. The first-order chi connectivity index (χ1) is 11.8. The Morgan fingerprint density at radius 2 is 1.96 bits per heavy atom. The lowest BCUT2D eigenvalue weighted by Gasteiger charge is -2.16. The van der Waals surface area contributed by atoms with Crippen molar-refractivity contribution in [2.45, 2.75) is 39.2 Å². The fourth-order valence-corrected chi connectivity index (χ4v) is 3.22. The van der Waals surface area contributed by atoms with E-state index < -0.39 is 12.0 Å². The van der Waals surface area contributed by atoms with Gasteiger partial charge in [-0.05, 0) is 30.0 Å². The number of carbonyl (C=O) groups excluding carboxylic acids is 1. The lowest BCUT2D eigenvalue weighted by Crippen LogP contribution is -2.42. The van der Waals surface area contributed by atoms with Gasteiger partial charge in [-0.1, -0.05) is 26.0 Å². The smallest absolute Gasteiger partial charge is 0.326 e. The van der Waals surface area contributed by atoms with Crippen LogP contribution in [0.3, 0.4) is 0 Å². The van der Waals surface area contributed by atoms with E-state index in [1.54, 1.807) is 17.5 Å². The van der Waals surface area contributed by atoms with E-state index in [1.165, 1.54) is 23.5 Å². The number of thiazole rings is 1. The van der Waals surface area contributed by atoms with Gasteiger partial charge in [-0.3, -0.25) is 4.79 Å². The molecule has 0 aliphatic heterocycles. The highest BCUT2D eigenvalue weighted by molar-refractivity contribution is 7.09. The van der Waals surface area contributed by atoms with Gasteiger partial charge in [-0.25, -0.2) is 14.2 Å². The molecule has 1 amide bonds. The molecule has 0 fully saturated rings. The van der Waals surface area contributed by atoms with Gasteiger partial charge in [0.25, 0.3) is 0 Å². The van der Waals surface area contributed by atoms with E-state index in [9.17, 15) is 14.0 Å². The first-order valence-corrected chi connectivity index (χ1v) is 8.91. The van der Waals surface area contributed by atoms with Crippen molar-refractivity contribution in [3.8, 4) is 0 Å². The van der Waals surface area contributed by atoms with Crippen LogP contribution >= 0.6 is 11.3 Å². The fraction of sp³-hybridized carbons (Fsp3) is 0.389. The Hall–Kier alpha value is -2.28. The summed E-state index contributed by atoms with van der Waals surface area (Å²) >= 11 is 1.43. The van der Waals surface area contributed by atoms with Crippen molar-refractivity contribution in [2.24, 2.45) is 5.92 Å². The molecule has 2 aromatic rings. The van der Waals surface area contributed by atoms with Crippen molar-refractivity contribution < 1.29 is 19.1 Å². The van der Waals surface area contributed by atoms with E-state index in [0.717, 1.165) is 10.6 Å². The Morgan fingerprint density at radius 1 is 1.28 bits per heavy atom. The van der Waals surface area contributed by atoms with Crippen molar-refractivity contribution >= 4 is 23.2 Å². The summed E-state index contributed by atoms with van der Waals surface area (Å²) in [4.78, 5) is 27.7. The van der Waals surface area contributed by atoms with E-state index in [-0.39, 0.29) is 24.1 Å². The molecule has 0 bridgehead atoms. The summed E-state index contributed by atoms with van der Waals surface area (Å²) in [6, 6.07) is 5.32. The van der Waals surface area contributed by atoms with Gasteiger partial charge in [-0.2, -0.15) is 0 Å². The van der Waals surface area contributed by atoms with E-state index >= 15 is 0 Å². The highest BCUT2D eigenvalue weighted by atomic mass is 32.1. The van der Waals surface area contributed by atoms with Crippen molar-refractivity contribution in [3.05, 3.63) is 51.7 Å². The molecule has 5 nitrogen and oxygen atoms in total. The third-order valence-corrected chi connectivity index (χ3v) is 4.45. The molecular weight excluding hydrogens is 343 g/mol. The molecule has 25 heavy (non-hydrogen) atoms. The number of aliphatic carboxylic acids is 1. The number of aromatic nitrogens is 1. The van der Waals surface area contributed by atoms with E-state index in [2.05, 4.69) is 10.3 Å². The van der Waals surface area contributed by atoms with Gasteiger partial charge in [-0.15, -0.1) is 11.3 Å². The molecule has 0 saturated heterocycles. The zero-order chi connectivity index (χ0) is 18.4. The molecule has 1 heterocycles. The number of halogens is 1. The number of hydrogen-bond donors (Lipinski definition) is 2. The maximum Gasteiger partial charge on any atom is 0.326 e. The van der Waals surface area contributed by atoms with Crippen molar-refractivity contribution in [1.82, 2.24) is 10.3 Å². The summed E-state index contributed by atoms with van der Waals surface area (Å²) in [6.07, 6.45) is 0.993. The minimum absolute atomic E-state index is 0.0434. The predicted molar refractivity (Wildman–Crippen MR) is 94.0 cm³/mol. The molecule has 0 radical (unpaired) electrons. The van der Waals surface area contributed by atoms with Crippen LogP contribution in [0.5, 0.6) is 0 Å². The largest absolute Gasteiger partial charge is 0.480 e. The molecule has 1 aromatic heterocycles. The van der Waals surface area contributed by atoms with Gasteiger partial charge < -0.3 is 10.4 Å². The monoisotopic (exact) mass is 364 g/mol. The predicted octanol–water partition coefficient (Wildman–Crippen LogP) is 3.03. The molecule has 1 unspecified atom stereocenters. The lowest BCUT2D eigenvalue weighted by atomic mass is 10.0. The minimum Gasteiger partial charge on any atom is -0.480 e. The first kappa shape index (κ1) is 19.1. The van der Waals surface area contributed by atoms with Crippen LogP contribution < -0.4 is 5.32 Å². The number of carboxylic acids is 1. The van der Waals surface area contributed by atoms with Crippen LogP contribution in [-0.4, -0.2) is 28.0 Å². The lowest BCUT2D eigenvalue weighted by molar-refractivity contribution is -0.142. The van der Waals surface area contributed by atoms with E-state index in [0.29, 0.717) is 18.5 Å². The molecule has 1 atom stereocenters. The fourth-order valence-electron chi connectivity index (χ4n) is 2.39. The van der Waals surface area contributed by atoms with Crippen molar-refractivity contribution in [1.29, 1.82) is 0 Å². The van der Waals surface area contributed by atoms with Crippen LogP contribution in [0, 0.1) is 11.7 Å². The maximum atomic E-state index is 12.9. The number of nitrogens with one attached hydrogen (secondary N) is 1. The molecule has 7 heteroatoms. The average Bonchev–Trinajstić information content (AvgIpc) is 2.95. The Balaban J connectivity index is 1.92. The summed E-state index contributed by atoms with van der Waals surface area (Å²) < 4.78 is 12.9. The summed E-state index contributed by atoms with van der Waals surface area (Å²) in [5, 5.41) is 14.3. The van der Waals surface area contributed by atoms with Crippen LogP contribution in [0.15, 0.2) is 29.6 Å². The standard InChI is InChI=1S/C18H21FN2O3S/c1-11(2)7-15(18(23)24)21-16(22)9-14-10-25-17(20-14)8-12-3-5-13(19)6-4-12/h3-6,10-11,15H,7-9H2,1-2H3,(H,21,22)(H,23,24). The molecule has 0 aliphatic rings. The topological polar surface area (TPSA) is 79.3 Å². The molecule has 134 valence electrons. The van der Waals surface area contributed by atoms with Gasteiger partial charge in [0.05, 0.1) is 17.1 Å². The molecule has 2 N–H and O–H groups in total. The van der Waals surface area contributed by atoms with Crippen LogP contribution in [0.1, 0.15) is 36.5 Å². The SMILES string of the molecule is CC(C)CC(NC(=O)Cc1csc(Cc2ccc(F)cc2)n1)C(=O)O. The van der Waals surface area contributed by atoms with Crippen LogP contribution in [0.2, 0.25) is 0 Å². The van der Waals surface area contributed by atoms with Gasteiger partial charge in [0.15, 0.2) is 0 Å². The Bertz CT molecular complexity index is 728.